The second-order valence-electron chi connectivity index (χ2n) is 6.05. The van der Waals surface area contributed by atoms with Gasteiger partial charge < -0.3 is 10.1 Å². The molecule has 0 aliphatic carbocycles. The molecule has 3 unspecified atom stereocenters. The van der Waals surface area contributed by atoms with Gasteiger partial charge in [-0.05, 0) is 48.9 Å². The van der Waals surface area contributed by atoms with E-state index in [-0.39, 0.29) is 0 Å². The monoisotopic (exact) mass is 289 g/mol. The third-order valence-corrected chi connectivity index (χ3v) is 4.85. The minimum absolute atomic E-state index is 0.407. The first-order chi connectivity index (χ1) is 10.2. The number of hydrogen-bond acceptors (Lipinski definition) is 2. The summed E-state index contributed by atoms with van der Waals surface area (Å²) in [6.45, 7) is 10.9. The molecule has 1 aromatic carbocycles. The first kappa shape index (κ1) is 16.5. The summed E-state index contributed by atoms with van der Waals surface area (Å²) in [5.74, 6) is 0.604. The second kappa shape index (κ2) is 7.95. The van der Waals surface area contributed by atoms with Crippen molar-refractivity contribution >= 4 is 0 Å². The predicted molar refractivity (Wildman–Crippen MR) is 89.8 cm³/mol. The zero-order valence-corrected chi connectivity index (χ0v) is 14.1. The lowest BCUT2D eigenvalue weighted by Gasteiger charge is -2.30. The SMILES string of the molecule is CCNC(c1cc(CC)ccc1CC)C1CCOC1CC. The molecule has 1 fully saturated rings. The highest BCUT2D eigenvalue weighted by atomic mass is 16.5. The topological polar surface area (TPSA) is 21.3 Å². The third-order valence-electron chi connectivity index (χ3n) is 4.85. The van der Waals surface area contributed by atoms with Gasteiger partial charge in [-0.15, -0.1) is 0 Å². The van der Waals surface area contributed by atoms with E-state index in [0.717, 1.165) is 32.4 Å². The molecule has 2 nitrogen and oxygen atoms in total. The van der Waals surface area contributed by atoms with E-state index in [1.807, 2.05) is 0 Å². The molecule has 0 bridgehead atoms. The molecule has 0 radical (unpaired) electrons. The van der Waals surface area contributed by atoms with Gasteiger partial charge >= 0.3 is 0 Å². The summed E-state index contributed by atoms with van der Waals surface area (Å²) in [6, 6.07) is 7.48. The molecule has 1 aliphatic heterocycles. The van der Waals surface area contributed by atoms with Crippen molar-refractivity contribution in [2.45, 2.75) is 65.5 Å². The van der Waals surface area contributed by atoms with Crippen LogP contribution >= 0.6 is 0 Å². The van der Waals surface area contributed by atoms with E-state index in [9.17, 15) is 0 Å². The van der Waals surface area contributed by atoms with Crippen molar-refractivity contribution in [3.8, 4) is 0 Å². The lowest BCUT2D eigenvalue weighted by molar-refractivity contribution is 0.0775. The van der Waals surface area contributed by atoms with E-state index in [1.54, 1.807) is 0 Å². The molecule has 2 rings (SSSR count). The second-order valence-corrected chi connectivity index (χ2v) is 6.05. The molecule has 0 aromatic heterocycles. The van der Waals surface area contributed by atoms with Crippen molar-refractivity contribution in [3.05, 3.63) is 34.9 Å². The number of ether oxygens (including phenoxy) is 1. The van der Waals surface area contributed by atoms with Crippen molar-refractivity contribution in [2.75, 3.05) is 13.2 Å². The molecule has 1 aromatic rings. The lowest BCUT2D eigenvalue weighted by Crippen LogP contribution is -2.33. The van der Waals surface area contributed by atoms with Gasteiger partial charge in [0.25, 0.3) is 0 Å². The first-order valence-electron chi connectivity index (χ1n) is 8.71. The summed E-state index contributed by atoms with van der Waals surface area (Å²) in [5.41, 5.74) is 4.43. The Bertz CT molecular complexity index is 443. The van der Waals surface area contributed by atoms with Crippen LogP contribution in [-0.2, 0) is 17.6 Å². The van der Waals surface area contributed by atoms with E-state index < -0.39 is 0 Å². The molecule has 0 saturated carbocycles. The maximum atomic E-state index is 5.95. The molecular weight excluding hydrogens is 258 g/mol. The van der Waals surface area contributed by atoms with Crippen LogP contribution in [0.3, 0.4) is 0 Å². The van der Waals surface area contributed by atoms with Crippen LogP contribution < -0.4 is 5.32 Å². The summed E-state index contributed by atoms with van der Waals surface area (Å²) in [5, 5.41) is 3.75. The predicted octanol–water partition coefficient (Wildman–Crippen LogP) is 4.28. The summed E-state index contributed by atoms with van der Waals surface area (Å²) in [7, 11) is 0. The molecular formula is C19H31NO. The first-order valence-corrected chi connectivity index (χ1v) is 8.71. The Hall–Kier alpha value is -0.860. The summed E-state index contributed by atoms with van der Waals surface area (Å²) in [4.78, 5) is 0. The molecule has 118 valence electrons. The van der Waals surface area contributed by atoms with E-state index in [4.69, 9.17) is 4.74 Å². The highest BCUT2D eigenvalue weighted by Crippen LogP contribution is 2.36. The molecule has 0 amide bonds. The van der Waals surface area contributed by atoms with E-state index in [0.29, 0.717) is 18.1 Å². The molecule has 21 heavy (non-hydrogen) atoms. The van der Waals surface area contributed by atoms with Crippen LogP contribution in [0.15, 0.2) is 18.2 Å². The van der Waals surface area contributed by atoms with Gasteiger partial charge in [-0.2, -0.15) is 0 Å². The molecule has 0 spiro atoms. The smallest absolute Gasteiger partial charge is 0.0619 e. The fourth-order valence-corrected chi connectivity index (χ4v) is 3.65. The van der Waals surface area contributed by atoms with Crippen molar-refractivity contribution in [3.63, 3.8) is 0 Å². The van der Waals surface area contributed by atoms with Crippen LogP contribution in [0.4, 0.5) is 0 Å². The highest BCUT2D eigenvalue weighted by molar-refractivity contribution is 5.35. The number of rotatable bonds is 7. The Kier molecular flexibility index (Phi) is 6.25. The summed E-state index contributed by atoms with van der Waals surface area (Å²) in [6.07, 6.45) is 4.90. The molecule has 1 heterocycles. The van der Waals surface area contributed by atoms with Gasteiger partial charge in [0.1, 0.15) is 0 Å². The van der Waals surface area contributed by atoms with Gasteiger partial charge in [-0.1, -0.05) is 45.9 Å². The molecule has 2 heteroatoms. The van der Waals surface area contributed by atoms with Crippen LogP contribution in [-0.4, -0.2) is 19.3 Å². The largest absolute Gasteiger partial charge is 0.378 e. The van der Waals surface area contributed by atoms with Gasteiger partial charge in [0.2, 0.25) is 0 Å². The van der Waals surface area contributed by atoms with Gasteiger partial charge in [-0.25, -0.2) is 0 Å². The summed E-state index contributed by atoms with van der Waals surface area (Å²) >= 11 is 0. The van der Waals surface area contributed by atoms with Crippen LogP contribution in [0.5, 0.6) is 0 Å². The quantitative estimate of drug-likeness (QED) is 0.809. The Balaban J connectivity index is 2.36. The van der Waals surface area contributed by atoms with Crippen LogP contribution in [0.1, 0.15) is 63.3 Å². The minimum Gasteiger partial charge on any atom is -0.378 e. The van der Waals surface area contributed by atoms with Crippen molar-refractivity contribution < 1.29 is 4.74 Å². The Labute approximate surface area is 130 Å². The van der Waals surface area contributed by atoms with Gasteiger partial charge in [-0.3, -0.25) is 0 Å². The van der Waals surface area contributed by atoms with Crippen LogP contribution in [0, 0.1) is 5.92 Å². The fourth-order valence-electron chi connectivity index (χ4n) is 3.65. The Morgan fingerprint density at radius 1 is 1.19 bits per heavy atom. The molecule has 1 aliphatic rings. The average molecular weight is 289 g/mol. The molecule has 3 atom stereocenters. The molecule has 1 saturated heterocycles. The minimum atomic E-state index is 0.407. The Morgan fingerprint density at radius 2 is 2.00 bits per heavy atom. The summed E-state index contributed by atoms with van der Waals surface area (Å²) < 4.78 is 5.95. The van der Waals surface area contributed by atoms with Gasteiger partial charge in [0, 0.05) is 18.6 Å². The third kappa shape index (κ3) is 3.67. The number of hydrogen-bond donors (Lipinski definition) is 1. The van der Waals surface area contributed by atoms with Crippen molar-refractivity contribution in [2.24, 2.45) is 5.92 Å². The number of nitrogens with one attached hydrogen (secondary N) is 1. The zero-order valence-electron chi connectivity index (χ0n) is 14.1. The number of aryl methyl sites for hydroxylation is 2. The average Bonchev–Trinajstić information content (AvgIpc) is 3.00. The van der Waals surface area contributed by atoms with E-state index in [1.165, 1.54) is 23.1 Å². The van der Waals surface area contributed by atoms with Crippen molar-refractivity contribution in [1.29, 1.82) is 0 Å². The van der Waals surface area contributed by atoms with Crippen LogP contribution in [0.25, 0.3) is 0 Å². The van der Waals surface area contributed by atoms with Gasteiger partial charge in [0.15, 0.2) is 0 Å². The van der Waals surface area contributed by atoms with E-state index in [2.05, 4.69) is 51.2 Å². The normalized spacial score (nSPS) is 23.4. The highest BCUT2D eigenvalue weighted by Gasteiger charge is 2.34. The maximum absolute atomic E-state index is 5.95. The van der Waals surface area contributed by atoms with Crippen LogP contribution in [0.2, 0.25) is 0 Å². The lowest BCUT2D eigenvalue weighted by atomic mass is 9.83. The van der Waals surface area contributed by atoms with Gasteiger partial charge in [0.05, 0.1) is 6.10 Å². The standard InChI is InChI=1S/C19H31NO/c1-5-14-9-10-15(6-2)17(13-14)19(20-8-4)16-11-12-21-18(16)7-3/h9-10,13,16,18-20H,5-8,11-12H2,1-4H3. The zero-order chi connectivity index (χ0) is 15.2. The maximum Gasteiger partial charge on any atom is 0.0619 e. The number of benzene rings is 1. The molecule has 1 N–H and O–H groups in total. The van der Waals surface area contributed by atoms with Crippen molar-refractivity contribution in [1.82, 2.24) is 5.32 Å². The van der Waals surface area contributed by atoms with E-state index >= 15 is 0 Å². The Morgan fingerprint density at radius 3 is 2.62 bits per heavy atom. The fraction of sp³-hybridized carbons (Fsp3) is 0.684.